The van der Waals surface area contributed by atoms with Gasteiger partial charge in [-0.25, -0.2) is 9.59 Å². The SMILES string of the molecule is CC(=O)O[C@H]1C(=O)[C@@]2(C)[C@H]([C@H](OC(=O)c3ccccc3)[C@]3(O)C[C@H](OC(=O)[C@H](OC(=O)CCC(=O)[O-])[C@@H](NC(=O)c4ccccc4)c4ccccc4)C(C)=C1C3(C)C)[C@]1(OC(C)=O)CO[C@@H]1C[C@@H]2O.[Na+]. The van der Waals surface area contributed by atoms with E-state index in [0.29, 0.717) is 0 Å². The van der Waals surface area contributed by atoms with Gasteiger partial charge in [0.1, 0.15) is 30.0 Å². The average molecular weight is 976 g/mol. The van der Waals surface area contributed by atoms with Crippen LogP contribution in [0.5, 0.6) is 0 Å². The number of carboxylic acids is 1. The fraction of sp³-hybridized carbons (Fsp3) is 0.451. The number of carbonyl (C=O) groups is 8. The standard InChI is InChI=1S/C51H55NO17.Na/c1-27-33(66-47(62)41(67-37(58)23-22-36(56)57)39(30-16-10-7-11-17-30)52-45(60)31-18-12-8-13-19-31)25-51(63)44(68-46(61)32-20-14-9-15-21-32)42-49(6,34(55)24-35-50(42,26-64-35)69-29(3)54)43(59)40(65-28(2)53)38(27)48(51,4)5;/h7-21,33-35,39-42,44,55,63H,22-26H2,1-6H3,(H,52,60)(H,56,57);/q;+1/p-1/t33-,34-,35+,39-,40+,41+,42-,44-,49+,50-,51+;/m0./s1. The number of carbonyl (C=O) groups excluding carboxylic acids is 8. The number of esters is 5. The zero-order chi connectivity index (χ0) is 50.2. The predicted molar refractivity (Wildman–Crippen MR) is 236 cm³/mol. The summed E-state index contributed by atoms with van der Waals surface area (Å²) in [6.07, 6.45) is -12.7. The van der Waals surface area contributed by atoms with Crippen molar-refractivity contribution < 1.29 is 112 Å². The largest absolute Gasteiger partial charge is 1.00 e. The molecule has 19 heteroatoms. The number of nitrogens with one attached hydrogen (secondary N) is 1. The molecule has 366 valence electrons. The van der Waals surface area contributed by atoms with Gasteiger partial charge in [-0.2, -0.15) is 0 Å². The second-order valence-corrected chi connectivity index (χ2v) is 18.7. The Morgan fingerprint density at radius 2 is 1.41 bits per heavy atom. The Morgan fingerprint density at radius 3 is 1.96 bits per heavy atom. The van der Waals surface area contributed by atoms with Crippen molar-refractivity contribution in [1.29, 1.82) is 0 Å². The number of aliphatic hydroxyl groups excluding tert-OH is 1. The van der Waals surface area contributed by atoms with Crippen LogP contribution in [0.2, 0.25) is 0 Å². The van der Waals surface area contributed by atoms with Gasteiger partial charge in [0, 0.05) is 43.6 Å². The van der Waals surface area contributed by atoms with Crippen molar-refractivity contribution in [1.82, 2.24) is 5.32 Å². The molecule has 1 saturated heterocycles. The van der Waals surface area contributed by atoms with E-state index < -0.39 is 137 Å². The molecule has 11 atom stereocenters. The number of rotatable bonds is 14. The molecule has 70 heavy (non-hydrogen) atoms. The van der Waals surface area contributed by atoms with Crippen LogP contribution in [0.4, 0.5) is 0 Å². The van der Waals surface area contributed by atoms with E-state index in [-0.39, 0.29) is 70.4 Å². The second-order valence-electron chi connectivity index (χ2n) is 18.7. The third-order valence-electron chi connectivity index (χ3n) is 14.2. The van der Waals surface area contributed by atoms with Crippen molar-refractivity contribution in [3.8, 4) is 0 Å². The van der Waals surface area contributed by atoms with Crippen LogP contribution in [-0.4, -0.2) is 112 Å². The number of Topliss-reactive ketones (excluding diaryl/α,β-unsaturated/α-hetero) is 1. The molecule has 1 amide bonds. The minimum atomic E-state index is -2.51. The van der Waals surface area contributed by atoms with E-state index in [2.05, 4.69) is 5.32 Å². The van der Waals surface area contributed by atoms with Crippen LogP contribution in [0.15, 0.2) is 102 Å². The van der Waals surface area contributed by atoms with Gasteiger partial charge in [0.15, 0.2) is 17.5 Å². The van der Waals surface area contributed by atoms with Crippen LogP contribution >= 0.6 is 0 Å². The van der Waals surface area contributed by atoms with Crippen molar-refractivity contribution in [2.75, 3.05) is 6.61 Å². The van der Waals surface area contributed by atoms with Crippen molar-refractivity contribution >= 4 is 47.5 Å². The van der Waals surface area contributed by atoms with Gasteiger partial charge in [0.2, 0.25) is 6.10 Å². The van der Waals surface area contributed by atoms with Crippen molar-refractivity contribution in [2.45, 2.75) is 121 Å². The Labute approximate surface area is 425 Å². The first-order valence-electron chi connectivity index (χ1n) is 22.5. The topological polar surface area (TPSA) is 267 Å². The Morgan fingerprint density at radius 1 is 0.829 bits per heavy atom. The monoisotopic (exact) mass is 975 g/mol. The molecule has 3 fully saturated rings. The summed E-state index contributed by atoms with van der Waals surface area (Å²) in [5.74, 6) is -10.1. The number of carboxylic acid groups (broad SMARTS) is 1. The van der Waals surface area contributed by atoms with Crippen LogP contribution in [0.25, 0.3) is 0 Å². The number of ether oxygens (including phenoxy) is 6. The summed E-state index contributed by atoms with van der Waals surface area (Å²) in [5.41, 5.74) is -7.83. The average Bonchev–Trinajstić information content (AvgIpc) is 3.30. The predicted octanol–water partition coefficient (Wildman–Crippen LogP) is -0.179. The molecule has 2 saturated carbocycles. The molecule has 2 bridgehead atoms. The third kappa shape index (κ3) is 9.81. The maximum absolute atomic E-state index is 15.7. The van der Waals surface area contributed by atoms with E-state index in [1.54, 1.807) is 54.6 Å². The molecular weight excluding hydrogens is 922 g/mol. The van der Waals surface area contributed by atoms with Gasteiger partial charge in [0.25, 0.3) is 5.91 Å². The molecule has 3 N–H and O–H groups in total. The molecule has 1 heterocycles. The quantitative estimate of drug-likeness (QED) is 0.0819. The fourth-order valence-corrected chi connectivity index (χ4v) is 10.7. The number of benzene rings is 3. The summed E-state index contributed by atoms with van der Waals surface area (Å²) >= 11 is 0. The van der Waals surface area contributed by atoms with E-state index in [1.165, 1.54) is 64.1 Å². The molecule has 0 aromatic heterocycles. The maximum atomic E-state index is 15.7. The van der Waals surface area contributed by atoms with E-state index in [0.717, 1.165) is 13.8 Å². The molecule has 7 rings (SSSR count). The summed E-state index contributed by atoms with van der Waals surface area (Å²) in [4.78, 5) is 110. The van der Waals surface area contributed by atoms with Gasteiger partial charge in [0.05, 0.1) is 36.0 Å². The van der Waals surface area contributed by atoms with E-state index in [9.17, 15) is 44.1 Å². The Balaban J connectivity index is 0.00000804. The number of aliphatic hydroxyl groups is 2. The minimum Gasteiger partial charge on any atom is -0.550 e. The first-order valence-corrected chi connectivity index (χ1v) is 22.5. The zero-order valence-electron chi connectivity index (χ0n) is 39.8. The van der Waals surface area contributed by atoms with E-state index in [4.69, 9.17) is 28.4 Å². The summed E-state index contributed by atoms with van der Waals surface area (Å²) in [6.45, 7) is 7.65. The van der Waals surface area contributed by atoms with Crippen molar-refractivity contribution in [3.05, 3.63) is 119 Å². The third-order valence-corrected chi connectivity index (χ3v) is 14.2. The number of amides is 1. The first kappa shape index (κ1) is 53.6. The van der Waals surface area contributed by atoms with Crippen LogP contribution in [-0.2, 0) is 57.2 Å². The molecular formula is C51H54NNaO17. The Kier molecular flexibility index (Phi) is 16.0. The van der Waals surface area contributed by atoms with Crippen molar-refractivity contribution in [3.63, 3.8) is 0 Å². The Hall–Kier alpha value is -5.76. The second kappa shape index (κ2) is 20.9. The van der Waals surface area contributed by atoms with Crippen LogP contribution < -0.4 is 40.0 Å². The zero-order valence-corrected chi connectivity index (χ0v) is 41.8. The summed E-state index contributed by atoms with van der Waals surface area (Å²) in [5, 5.41) is 40.2. The molecule has 3 aliphatic carbocycles. The van der Waals surface area contributed by atoms with Gasteiger partial charge in [-0.1, -0.05) is 80.6 Å². The van der Waals surface area contributed by atoms with Crippen LogP contribution in [0, 0.1) is 16.7 Å². The number of hydrogen-bond acceptors (Lipinski definition) is 17. The van der Waals surface area contributed by atoms with E-state index >= 15 is 9.59 Å². The number of aliphatic carboxylic acids is 1. The normalized spacial score (nSPS) is 29.2. The number of hydrogen-bond donors (Lipinski definition) is 3. The maximum Gasteiger partial charge on any atom is 1.00 e. The molecule has 4 aliphatic rings. The van der Waals surface area contributed by atoms with Crippen molar-refractivity contribution in [2.24, 2.45) is 16.7 Å². The van der Waals surface area contributed by atoms with E-state index in [1.807, 2.05) is 0 Å². The van der Waals surface area contributed by atoms with Gasteiger partial charge in [-0.3, -0.25) is 24.0 Å². The van der Waals surface area contributed by atoms with Gasteiger partial charge in [-0.15, -0.1) is 0 Å². The molecule has 18 nitrogen and oxygen atoms in total. The van der Waals surface area contributed by atoms with Crippen LogP contribution in [0.3, 0.4) is 0 Å². The molecule has 1 aliphatic heterocycles. The minimum absolute atomic E-state index is 0. The summed E-state index contributed by atoms with van der Waals surface area (Å²) in [7, 11) is 0. The van der Waals surface area contributed by atoms with Gasteiger partial charge in [-0.05, 0) is 61.2 Å². The molecule has 3 aromatic carbocycles. The molecule has 0 unspecified atom stereocenters. The number of ketones is 1. The molecule has 3 aromatic rings. The summed E-state index contributed by atoms with van der Waals surface area (Å²) in [6, 6.07) is 22.0. The number of fused-ring (bicyclic) bond motifs is 5. The molecule has 0 radical (unpaired) electrons. The van der Waals surface area contributed by atoms with Crippen LogP contribution in [0.1, 0.15) is 99.5 Å². The molecule has 0 spiro atoms. The van der Waals surface area contributed by atoms with Gasteiger partial charge < -0.3 is 53.9 Å². The van der Waals surface area contributed by atoms with Gasteiger partial charge >= 0.3 is 59.4 Å². The summed E-state index contributed by atoms with van der Waals surface area (Å²) < 4.78 is 36.2. The fourth-order valence-electron chi connectivity index (χ4n) is 10.7. The smallest absolute Gasteiger partial charge is 0.550 e. The Bertz CT molecular complexity index is 2550. The first-order chi connectivity index (χ1) is 32.6.